The third-order valence-corrected chi connectivity index (χ3v) is 5.14. The zero-order valence-electron chi connectivity index (χ0n) is 14.2. The fourth-order valence-corrected chi connectivity index (χ4v) is 4.04. The molecule has 0 spiro atoms. The number of aryl methyl sites for hydroxylation is 2. The van der Waals surface area contributed by atoms with Crippen LogP contribution >= 0.6 is 0 Å². The van der Waals surface area contributed by atoms with Gasteiger partial charge in [0.2, 0.25) is 0 Å². The Morgan fingerprint density at radius 2 is 2.24 bits per heavy atom. The van der Waals surface area contributed by atoms with E-state index in [1.807, 2.05) is 0 Å². The Hall–Kier alpha value is -0.870. The summed E-state index contributed by atoms with van der Waals surface area (Å²) in [6, 6.07) is 2.22. The summed E-state index contributed by atoms with van der Waals surface area (Å²) in [5.74, 6) is 0.786. The largest absolute Gasteiger partial charge is 0.329 e. The van der Waals surface area contributed by atoms with Crippen LogP contribution in [0.4, 0.5) is 0 Å². The van der Waals surface area contributed by atoms with Gasteiger partial charge in [0.05, 0.1) is 11.4 Å². The van der Waals surface area contributed by atoms with E-state index in [1.165, 1.54) is 31.4 Å². The van der Waals surface area contributed by atoms with Crippen LogP contribution in [-0.2, 0) is 13.1 Å². The first-order valence-electron chi connectivity index (χ1n) is 8.53. The second kappa shape index (κ2) is 6.93. The van der Waals surface area contributed by atoms with Crippen LogP contribution in [0.15, 0.2) is 6.07 Å². The molecule has 1 heterocycles. The van der Waals surface area contributed by atoms with Crippen LogP contribution in [0.2, 0.25) is 0 Å². The zero-order valence-corrected chi connectivity index (χ0v) is 14.2. The van der Waals surface area contributed by atoms with Crippen LogP contribution in [0.3, 0.4) is 0 Å². The quantitative estimate of drug-likeness (QED) is 0.877. The van der Waals surface area contributed by atoms with E-state index in [4.69, 9.17) is 5.73 Å². The number of nitrogens with two attached hydrogens (primary N) is 1. The van der Waals surface area contributed by atoms with Crippen LogP contribution in [-0.4, -0.2) is 33.3 Å². The fraction of sp³-hybridized carbons (Fsp3) is 0.824. The predicted molar refractivity (Wildman–Crippen MR) is 88.1 cm³/mol. The van der Waals surface area contributed by atoms with Gasteiger partial charge in [-0.2, -0.15) is 5.10 Å². The molecule has 0 radical (unpaired) electrons. The maximum atomic E-state index is 6.24. The molecule has 0 amide bonds. The Morgan fingerprint density at radius 3 is 2.81 bits per heavy atom. The van der Waals surface area contributed by atoms with E-state index in [0.29, 0.717) is 0 Å². The van der Waals surface area contributed by atoms with Crippen molar-refractivity contribution in [1.82, 2.24) is 14.7 Å². The lowest BCUT2D eigenvalue weighted by molar-refractivity contribution is 0.0347. The van der Waals surface area contributed by atoms with Crippen molar-refractivity contribution in [3.8, 4) is 0 Å². The Kier molecular flexibility index (Phi) is 5.44. The summed E-state index contributed by atoms with van der Waals surface area (Å²) in [5.41, 5.74) is 8.86. The molecule has 1 fully saturated rings. The smallest absolute Gasteiger partial charge is 0.0597 e. The van der Waals surface area contributed by atoms with Crippen molar-refractivity contribution in [2.75, 3.05) is 13.1 Å². The Morgan fingerprint density at radius 1 is 1.48 bits per heavy atom. The maximum Gasteiger partial charge on any atom is 0.0597 e. The maximum absolute atomic E-state index is 6.24. The van der Waals surface area contributed by atoms with Crippen LogP contribution < -0.4 is 5.73 Å². The van der Waals surface area contributed by atoms with E-state index in [2.05, 4.69) is 48.4 Å². The molecule has 1 saturated carbocycles. The second-order valence-electron chi connectivity index (χ2n) is 6.74. The summed E-state index contributed by atoms with van der Waals surface area (Å²) in [7, 11) is 0. The highest BCUT2D eigenvalue weighted by atomic mass is 15.3. The standard InChI is InChI=1S/C17H32N4/c1-5-20(12-16-10-15(4)19-21(16)6-2)17(13-18)9-7-8-14(3)11-17/h10,14H,5-9,11-13,18H2,1-4H3. The molecule has 1 aliphatic carbocycles. The molecular weight excluding hydrogens is 260 g/mol. The third-order valence-electron chi connectivity index (χ3n) is 5.14. The second-order valence-corrected chi connectivity index (χ2v) is 6.74. The molecule has 2 atom stereocenters. The number of nitrogens with zero attached hydrogens (tertiary/aromatic N) is 3. The zero-order chi connectivity index (χ0) is 15.5. The fourth-order valence-electron chi connectivity index (χ4n) is 4.04. The molecule has 2 unspecified atom stereocenters. The van der Waals surface area contributed by atoms with Crippen molar-refractivity contribution in [2.45, 2.75) is 72.0 Å². The molecule has 0 bridgehead atoms. The third kappa shape index (κ3) is 3.49. The summed E-state index contributed by atoms with van der Waals surface area (Å²) < 4.78 is 2.13. The Balaban J connectivity index is 2.21. The van der Waals surface area contributed by atoms with Gasteiger partial charge in [0.25, 0.3) is 0 Å². The topological polar surface area (TPSA) is 47.1 Å². The first-order valence-corrected chi connectivity index (χ1v) is 8.53. The minimum Gasteiger partial charge on any atom is -0.329 e. The lowest BCUT2D eigenvalue weighted by Gasteiger charge is -2.47. The predicted octanol–water partition coefficient (Wildman–Crippen LogP) is 2.94. The molecule has 1 aromatic rings. The van der Waals surface area contributed by atoms with Gasteiger partial charge in [-0.1, -0.05) is 26.7 Å². The van der Waals surface area contributed by atoms with Crippen molar-refractivity contribution in [2.24, 2.45) is 11.7 Å². The summed E-state index contributed by atoms with van der Waals surface area (Å²) in [6.45, 7) is 12.6. The van der Waals surface area contributed by atoms with Gasteiger partial charge >= 0.3 is 0 Å². The summed E-state index contributed by atoms with van der Waals surface area (Å²) in [4.78, 5) is 2.60. The summed E-state index contributed by atoms with van der Waals surface area (Å²) in [5, 5.41) is 4.58. The SMILES string of the molecule is CCN(Cc1cc(C)nn1CC)C1(CN)CCCC(C)C1. The van der Waals surface area contributed by atoms with E-state index < -0.39 is 0 Å². The number of aromatic nitrogens is 2. The molecule has 1 aromatic heterocycles. The van der Waals surface area contributed by atoms with Crippen molar-refractivity contribution in [3.63, 3.8) is 0 Å². The molecule has 0 saturated heterocycles. The van der Waals surface area contributed by atoms with E-state index in [9.17, 15) is 0 Å². The Labute approximate surface area is 129 Å². The van der Waals surface area contributed by atoms with E-state index in [1.54, 1.807) is 0 Å². The number of hydrogen-bond acceptors (Lipinski definition) is 3. The molecular formula is C17H32N4. The normalized spacial score (nSPS) is 26.5. The highest BCUT2D eigenvalue weighted by Crippen LogP contribution is 2.37. The van der Waals surface area contributed by atoms with E-state index >= 15 is 0 Å². The van der Waals surface area contributed by atoms with Crippen molar-refractivity contribution in [1.29, 1.82) is 0 Å². The van der Waals surface area contributed by atoms with Gasteiger partial charge in [-0.05, 0) is 45.2 Å². The lowest BCUT2D eigenvalue weighted by Crippen LogP contribution is -2.55. The molecule has 0 aromatic carbocycles. The summed E-state index contributed by atoms with van der Waals surface area (Å²) >= 11 is 0. The van der Waals surface area contributed by atoms with Crippen LogP contribution in [0.5, 0.6) is 0 Å². The molecule has 4 nitrogen and oxygen atoms in total. The van der Waals surface area contributed by atoms with E-state index in [0.717, 1.165) is 37.8 Å². The van der Waals surface area contributed by atoms with Gasteiger partial charge < -0.3 is 5.73 Å². The van der Waals surface area contributed by atoms with Gasteiger partial charge in [0.1, 0.15) is 0 Å². The Bertz CT molecular complexity index is 454. The molecule has 4 heteroatoms. The van der Waals surface area contributed by atoms with Crippen molar-refractivity contribution >= 4 is 0 Å². The minimum atomic E-state index is 0.184. The van der Waals surface area contributed by atoms with Crippen molar-refractivity contribution < 1.29 is 0 Å². The van der Waals surface area contributed by atoms with Crippen LogP contribution in [0.1, 0.15) is 57.8 Å². The summed E-state index contributed by atoms with van der Waals surface area (Å²) in [6.07, 6.45) is 5.13. The minimum absolute atomic E-state index is 0.184. The van der Waals surface area contributed by atoms with Gasteiger partial charge in [-0.15, -0.1) is 0 Å². The number of hydrogen-bond donors (Lipinski definition) is 1. The lowest BCUT2D eigenvalue weighted by atomic mass is 9.75. The number of likely N-dealkylation sites (N-methyl/N-ethyl adjacent to an activating group) is 1. The van der Waals surface area contributed by atoms with E-state index in [-0.39, 0.29) is 5.54 Å². The van der Waals surface area contributed by atoms with Crippen LogP contribution in [0.25, 0.3) is 0 Å². The first kappa shape index (κ1) is 16.5. The average Bonchev–Trinajstić information content (AvgIpc) is 2.84. The van der Waals surface area contributed by atoms with Gasteiger partial charge in [0, 0.05) is 25.2 Å². The highest BCUT2D eigenvalue weighted by Gasteiger charge is 2.38. The molecule has 120 valence electrons. The highest BCUT2D eigenvalue weighted by molar-refractivity contribution is 5.10. The number of rotatable bonds is 6. The molecule has 21 heavy (non-hydrogen) atoms. The molecule has 0 aliphatic heterocycles. The van der Waals surface area contributed by atoms with Gasteiger partial charge in [-0.25, -0.2) is 0 Å². The molecule has 1 aliphatic rings. The van der Waals surface area contributed by atoms with Crippen LogP contribution in [0, 0.1) is 12.8 Å². The van der Waals surface area contributed by atoms with Gasteiger partial charge in [0.15, 0.2) is 0 Å². The molecule has 2 rings (SSSR count). The average molecular weight is 292 g/mol. The van der Waals surface area contributed by atoms with Gasteiger partial charge in [-0.3, -0.25) is 9.58 Å². The van der Waals surface area contributed by atoms with Crippen molar-refractivity contribution in [3.05, 3.63) is 17.5 Å². The first-order chi connectivity index (χ1) is 10.0. The monoisotopic (exact) mass is 292 g/mol. The molecule has 2 N–H and O–H groups in total.